The molecule has 120 valence electrons. The van der Waals surface area contributed by atoms with Gasteiger partial charge in [0.05, 0.1) is 27.4 Å². The summed E-state index contributed by atoms with van der Waals surface area (Å²) < 4.78 is 16.1. The minimum atomic E-state index is -0.374. The number of aliphatic hydroxyl groups excluding tert-OH is 1. The number of fused-ring (bicyclic) bond motifs is 3. The fourth-order valence-electron chi connectivity index (χ4n) is 3.43. The Morgan fingerprint density at radius 1 is 1.05 bits per heavy atom. The Labute approximate surface area is 131 Å². The third kappa shape index (κ3) is 2.50. The van der Waals surface area contributed by atoms with Crippen molar-refractivity contribution in [3.8, 4) is 17.2 Å². The quantitative estimate of drug-likeness (QED) is 0.923. The Morgan fingerprint density at radius 3 is 2.09 bits per heavy atom. The van der Waals surface area contributed by atoms with E-state index in [9.17, 15) is 5.11 Å². The van der Waals surface area contributed by atoms with Crippen LogP contribution in [-0.4, -0.2) is 50.5 Å². The summed E-state index contributed by atoms with van der Waals surface area (Å²) in [5, 5.41) is 10.5. The molecule has 3 aliphatic rings. The van der Waals surface area contributed by atoms with Gasteiger partial charge in [0.1, 0.15) is 0 Å². The van der Waals surface area contributed by atoms with Gasteiger partial charge in [-0.25, -0.2) is 0 Å². The van der Waals surface area contributed by atoms with Crippen LogP contribution >= 0.6 is 0 Å². The standard InChI is InChI=1S/C17H23NO4/c1-20-14-9-11(10-15(21-2)17(14)22-3)8-13-16(19)12-4-6-18(13)7-5-12/h8-10,12,16,19H,4-7H2,1-3H3/b13-8+/t16-/m1/s1. The van der Waals surface area contributed by atoms with Gasteiger partial charge in [-0.1, -0.05) is 0 Å². The molecule has 0 amide bonds. The first-order valence-corrected chi connectivity index (χ1v) is 7.62. The van der Waals surface area contributed by atoms with E-state index in [0.717, 1.165) is 37.2 Å². The van der Waals surface area contributed by atoms with Gasteiger partial charge in [-0.05, 0) is 42.5 Å². The van der Waals surface area contributed by atoms with Crippen LogP contribution in [0, 0.1) is 5.92 Å². The summed E-state index contributed by atoms with van der Waals surface area (Å²) in [6, 6.07) is 3.81. The summed E-state index contributed by atoms with van der Waals surface area (Å²) in [6.07, 6.45) is 3.81. The lowest BCUT2D eigenvalue weighted by molar-refractivity contribution is 0.0215. The van der Waals surface area contributed by atoms with Gasteiger partial charge in [0.2, 0.25) is 5.75 Å². The SMILES string of the molecule is COc1cc(/C=C2\[C@H](O)C3CCN2CC3)cc(OC)c1OC. The smallest absolute Gasteiger partial charge is 0.203 e. The highest BCUT2D eigenvalue weighted by Crippen LogP contribution is 2.40. The molecule has 0 unspecified atom stereocenters. The average molecular weight is 305 g/mol. The number of ether oxygens (including phenoxy) is 3. The summed E-state index contributed by atoms with van der Waals surface area (Å²) >= 11 is 0. The fourth-order valence-corrected chi connectivity index (χ4v) is 3.43. The first-order valence-electron chi connectivity index (χ1n) is 7.62. The normalized spacial score (nSPS) is 25.5. The third-order valence-electron chi connectivity index (χ3n) is 4.66. The highest BCUT2D eigenvalue weighted by atomic mass is 16.5. The molecule has 3 heterocycles. The average Bonchev–Trinajstić information content (AvgIpc) is 2.57. The molecule has 0 aliphatic carbocycles. The second-order valence-corrected chi connectivity index (χ2v) is 5.80. The van der Waals surface area contributed by atoms with Gasteiger partial charge in [-0.2, -0.15) is 0 Å². The Kier molecular flexibility index (Phi) is 4.16. The first kappa shape index (κ1) is 15.0. The van der Waals surface area contributed by atoms with Crippen molar-refractivity contribution in [1.82, 2.24) is 4.90 Å². The minimum absolute atomic E-state index is 0.374. The van der Waals surface area contributed by atoms with E-state index in [4.69, 9.17) is 14.2 Å². The number of rotatable bonds is 4. The van der Waals surface area contributed by atoms with E-state index < -0.39 is 0 Å². The molecule has 22 heavy (non-hydrogen) atoms. The van der Waals surface area contributed by atoms with E-state index in [1.807, 2.05) is 18.2 Å². The Balaban J connectivity index is 2.00. The van der Waals surface area contributed by atoms with Crippen LogP contribution in [0.3, 0.4) is 0 Å². The molecule has 1 N–H and O–H groups in total. The van der Waals surface area contributed by atoms with Crippen LogP contribution in [0.4, 0.5) is 0 Å². The lowest BCUT2D eigenvalue weighted by Crippen LogP contribution is -2.48. The van der Waals surface area contributed by atoms with E-state index in [1.165, 1.54) is 0 Å². The molecule has 0 spiro atoms. The van der Waals surface area contributed by atoms with Crippen molar-refractivity contribution in [3.05, 3.63) is 23.4 Å². The highest BCUT2D eigenvalue weighted by molar-refractivity contribution is 5.64. The molecule has 5 nitrogen and oxygen atoms in total. The number of hydrogen-bond acceptors (Lipinski definition) is 5. The zero-order chi connectivity index (χ0) is 15.7. The van der Waals surface area contributed by atoms with Gasteiger partial charge in [-0.3, -0.25) is 0 Å². The van der Waals surface area contributed by atoms with Gasteiger partial charge in [-0.15, -0.1) is 0 Å². The summed E-state index contributed by atoms with van der Waals surface area (Å²) in [5.41, 5.74) is 1.94. The number of methoxy groups -OCH3 is 3. The van der Waals surface area contributed by atoms with Crippen molar-refractivity contribution in [1.29, 1.82) is 0 Å². The minimum Gasteiger partial charge on any atom is -0.493 e. The van der Waals surface area contributed by atoms with Crippen molar-refractivity contribution in [3.63, 3.8) is 0 Å². The first-order chi connectivity index (χ1) is 10.7. The van der Waals surface area contributed by atoms with Crippen LogP contribution in [0.2, 0.25) is 0 Å². The molecular formula is C17H23NO4. The van der Waals surface area contributed by atoms with Gasteiger partial charge < -0.3 is 24.2 Å². The van der Waals surface area contributed by atoms with Gasteiger partial charge in [0.15, 0.2) is 11.5 Å². The Bertz CT molecular complexity index is 547. The van der Waals surface area contributed by atoms with Crippen molar-refractivity contribution >= 4 is 6.08 Å². The summed E-state index contributed by atoms with van der Waals surface area (Å²) in [5.74, 6) is 2.22. The maximum Gasteiger partial charge on any atom is 0.203 e. The second-order valence-electron chi connectivity index (χ2n) is 5.80. The Morgan fingerprint density at radius 2 is 1.64 bits per heavy atom. The van der Waals surface area contributed by atoms with Crippen molar-refractivity contribution in [2.45, 2.75) is 18.9 Å². The molecule has 3 saturated heterocycles. The zero-order valence-electron chi connectivity index (χ0n) is 13.3. The maximum atomic E-state index is 10.5. The second kappa shape index (κ2) is 6.08. The molecule has 1 atom stereocenters. The van der Waals surface area contributed by atoms with E-state index in [0.29, 0.717) is 23.2 Å². The zero-order valence-corrected chi connectivity index (χ0v) is 13.3. The lowest BCUT2D eigenvalue weighted by atomic mass is 9.83. The van der Waals surface area contributed by atoms with Gasteiger partial charge in [0.25, 0.3) is 0 Å². The molecule has 0 aromatic heterocycles. The summed E-state index contributed by atoms with van der Waals surface area (Å²) in [4.78, 5) is 2.27. The molecule has 2 bridgehead atoms. The lowest BCUT2D eigenvalue weighted by Gasteiger charge is -2.45. The highest BCUT2D eigenvalue weighted by Gasteiger charge is 2.36. The predicted octanol–water partition coefficient (Wildman–Crippen LogP) is 2.14. The topological polar surface area (TPSA) is 51.2 Å². The third-order valence-corrected chi connectivity index (χ3v) is 4.66. The molecule has 1 aromatic rings. The predicted molar refractivity (Wildman–Crippen MR) is 84.4 cm³/mol. The van der Waals surface area contributed by atoms with Crippen LogP contribution in [-0.2, 0) is 0 Å². The number of hydrogen-bond donors (Lipinski definition) is 1. The van der Waals surface area contributed by atoms with Crippen molar-refractivity contribution < 1.29 is 19.3 Å². The fraction of sp³-hybridized carbons (Fsp3) is 0.529. The van der Waals surface area contributed by atoms with E-state index in [2.05, 4.69) is 4.90 Å². The van der Waals surface area contributed by atoms with Crippen LogP contribution in [0.15, 0.2) is 17.8 Å². The van der Waals surface area contributed by atoms with E-state index >= 15 is 0 Å². The number of piperidine rings is 3. The summed E-state index contributed by atoms with van der Waals surface area (Å²) in [6.45, 7) is 2.05. The number of nitrogens with zero attached hydrogens (tertiary/aromatic N) is 1. The van der Waals surface area contributed by atoms with Crippen LogP contribution < -0.4 is 14.2 Å². The molecule has 3 aliphatic heterocycles. The number of benzene rings is 1. The van der Waals surface area contributed by atoms with Crippen molar-refractivity contribution in [2.75, 3.05) is 34.4 Å². The number of aliphatic hydroxyl groups is 1. The monoisotopic (exact) mass is 305 g/mol. The molecule has 5 heteroatoms. The van der Waals surface area contributed by atoms with Crippen molar-refractivity contribution in [2.24, 2.45) is 5.92 Å². The molecule has 0 radical (unpaired) electrons. The van der Waals surface area contributed by atoms with Crippen LogP contribution in [0.5, 0.6) is 17.2 Å². The van der Waals surface area contributed by atoms with Crippen LogP contribution in [0.25, 0.3) is 6.08 Å². The van der Waals surface area contributed by atoms with Gasteiger partial charge in [0, 0.05) is 18.8 Å². The molecule has 1 aromatic carbocycles. The van der Waals surface area contributed by atoms with E-state index in [1.54, 1.807) is 21.3 Å². The van der Waals surface area contributed by atoms with Crippen LogP contribution in [0.1, 0.15) is 18.4 Å². The Hall–Kier alpha value is -1.88. The van der Waals surface area contributed by atoms with E-state index in [-0.39, 0.29) is 6.10 Å². The summed E-state index contributed by atoms with van der Waals surface area (Å²) in [7, 11) is 4.80. The molecular weight excluding hydrogens is 282 g/mol. The molecule has 4 rings (SSSR count). The molecule has 0 saturated carbocycles. The van der Waals surface area contributed by atoms with Gasteiger partial charge >= 0.3 is 0 Å². The molecule has 3 fully saturated rings. The maximum absolute atomic E-state index is 10.5. The largest absolute Gasteiger partial charge is 0.493 e.